The van der Waals surface area contributed by atoms with E-state index in [1.807, 2.05) is 30.3 Å². The lowest BCUT2D eigenvalue weighted by atomic mass is 9.63. The molecular formula is C19H20N2O3. The minimum Gasteiger partial charge on any atom is -0.370 e. The molecule has 124 valence electrons. The van der Waals surface area contributed by atoms with Gasteiger partial charge in [0.05, 0.1) is 24.3 Å². The highest BCUT2D eigenvalue weighted by Crippen LogP contribution is 2.51. The molecule has 3 aliphatic carbocycles. The summed E-state index contributed by atoms with van der Waals surface area (Å²) in [6.07, 6.45) is 6.07. The summed E-state index contributed by atoms with van der Waals surface area (Å²) >= 11 is 0. The van der Waals surface area contributed by atoms with E-state index in [9.17, 15) is 14.4 Å². The largest absolute Gasteiger partial charge is 0.370 e. The SMILES string of the molecule is NC(=O)C[C@H](c1ccccc1)N1C(=O)[C@@H]2[C@H](C1=O)[C@H]1C=C[C@H]2CC1. The Morgan fingerprint density at radius 2 is 1.58 bits per heavy atom. The molecule has 0 spiro atoms. The summed E-state index contributed by atoms with van der Waals surface area (Å²) < 4.78 is 0. The maximum absolute atomic E-state index is 13.1. The number of allylic oxidation sites excluding steroid dienone is 2. The van der Waals surface area contributed by atoms with Gasteiger partial charge in [0, 0.05) is 0 Å². The third-order valence-electron chi connectivity index (χ3n) is 5.68. The summed E-state index contributed by atoms with van der Waals surface area (Å²) in [5.41, 5.74) is 6.18. The fourth-order valence-electron chi connectivity index (χ4n) is 4.63. The maximum atomic E-state index is 13.1. The number of rotatable bonds is 4. The van der Waals surface area contributed by atoms with Gasteiger partial charge < -0.3 is 5.73 Å². The van der Waals surface area contributed by atoms with E-state index < -0.39 is 11.9 Å². The molecule has 5 atom stereocenters. The lowest BCUT2D eigenvalue weighted by Gasteiger charge is -2.38. The molecule has 2 fully saturated rings. The van der Waals surface area contributed by atoms with Crippen molar-refractivity contribution in [1.29, 1.82) is 0 Å². The van der Waals surface area contributed by atoms with Gasteiger partial charge in [-0.2, -0.15) is 0 Å². The zero-order valence-electron chi connectivity index (χ0n) is 13.3. The van der Waals surface area contributed by atoms with Crippen molar-refractivity contribution in [2.24, 2.45) is 29.4 Å². The van der Waals surface area contributed by atoms with Gasteiger partial charge in [0.25, 0.3) is 0 Å². The molecule has 5 rings (SSSR count). The quantitative estimate of drug-likeness (QED) is 0.677. The molecule has 1 aromatic carbocycles. The summed E-state index contributed by atoms with van der Waals surface area (Å²) in [5.74, 6) is -1.03. The Labute approximate surface area is 140 Å². The summed E-state index contributed by atoms with van der Waals surface area (Å²) in [6.45, 7) is 0. The predicted octanol–water partition coefficient (Wildman–Crippen LogP) is 1.80. The Bertz CT molecular complexity index is 695. The summed E-state index contributed by atoms with van der Waals surface area (Å²) in [7, 11) is 0. The van der Waals surface area contributed by atoms with Gasteiger partial charge in [0.1, 0.15) is 0 Å². The Morgan fingerprint density at radius 1 is 1.04 bits per heavy atom. The van der Waals surface area contributed by atoms with E-state index in [4.69, 9.17) is 5.73 Å². The first-order valence-electron chi connectivity index (χ1n) is 8.46. The number of primary amides is 1. The first kappa shape index (κ1) is 15.1. The van der Waals surface area contributed by atoms with E-state index >= 15 is 0 Å². The first-order valence-corrected chi connectivity index (χ1v) is 8.46. The highest BCUT2D eigenvalue weighted by atomic mass is 16.2. The number of fused-ring (bicyclic) bond motifs is 1. The molecule has 1 saturated carbocycles. The molecule has 0 aromatic heterocycles. The Hall–Kier alpha value is -2.43. The van der Waals surface area contributed by atoms with Gasteiger partial charge in [-0.05, 0) is 30.2 Å². The minimum atomic E-state index is -0.603. The van der Waals surface area contributed by atoms with Crippen molar-refractivity contribution in [1.82, 2.24) is 4.90 Å². The monoisotopic (exact) mass is 324 g/mol. The normalized spacial score (nSPS) is 32.1. The lowest BCUT2D eigenvalue weighted by Crippen LogP contribution is -2.38. The molecule has 5 heteroatoms. The number of nitrogens with zero attached hydrogens (tertiary/aromatic N) is 1. The van der Waals surface area contributed by atoms with Crippen LogP contribution in [-0.2, 0) is 14.4 Å². The fraction of sp³-hybridized carbons (Fsp3) is 0.421. The van der Waals surface area contributed by atoms with Crippen molar-refractivity contribution in [3.63, 3.8) is 0 Å². The number of hydrogen-bond acceptors (Lipinski definition) is 3. The molecule has 2 N–H and O–H groups in total. The molecule has 3 amide bonds. The van der Waals surface area contributed by atoms with Gasteiger partial charge in [-0.15, -0.1) is 0 Å². The Kier molecular flexibility index (Phi) is 3.52. The average molecular weight is 324 g/mol. The standard InChI is InChI=1S/C19H20N2O3/c20-15(22)10-14(11-4-2-1-3-5-11)21-18(23)16-12-6-7-13(9-8-12)17(16)19(21)24/h1-7,12-14,16-17H,8-10H2,(H2,20,22)/t12-,13-,14+,16-,17+/m0/s1. The van der Waals surface area contributed by atoms with E-state index in [0.717, 1.165) is 18.4 Å². The molecule has 4 aliphatic rings. The fourth-order valence-corrected chi connectivity index (χ4v) is 4.63. The van der Waals surface area contributed by atoms with Crippen molar-refractivity contribution in [3.8, 4) is 0 Å². The Morgan fingerprint density at radius 3 is 2.04 bits per heavy atom. The number of likely N-dealkylation sites (tertiary alicyclic amines) is 1. The van der Waals surface area contributed by atoms with Crippen molar-refractivity contribution >= 4 is 17.7 Å². The van der Waals surface area contributed by atoms with Gasteiger partial charge in [-0.3, -0.25) is 19.3 Å². The summed E-state index contributed by atoms with van der Waals surface area (Å²) in [4.78, 5) is 39.0. The van der Waals surface area contributed by atoms with Crippen molar-refractivity contribution in [3.05, 3.63) is 48.0 Å². The number of amides is 3. The number of carbonyl (C=O) groups is 3. The van der Waals surface area contributed by atoms with E-state index in [1.165, 1.54) is 4.90 Å². The Balaban J connectivity index is 1.73. The van der Waals surface area contributed by atoms with Crippen LogP contribution in [0.5, 0.6) is 0 Å². The van der Waals surface area contributed by atoms with Gasteiger partial charge in [0.15, 0.2) is 0 Å². The molecule has 1 heterocycles. The highest BCUT2D eigenvalue weighted by Gasteiger charge is 2.58. The van der Waals surface area contributed by atoms with Crippen LogP contribution in [0.2, 0.25) is 0 Å². The number of carbonyl (C=O) groups excluding carboxylic acids is 3. The van der Waals surface area contributed by atoms with Crippen molar-refractivity contribution < 1.29 is 14.4 Å². The summed E-state index contributed by atoms with van der Waals surface area (Å²) in [6, 6.07) is 8.61. The topological polar surface area (TPSA) is 80.5 Å². The van der Waals surface area contributed by atoms with Crippen LogP contribution in [0.15, 0.2) is 42.5 Å². The molecule has 0 radical (unpaired) electrons. The van der Waals surface area contributed by atoms with Gasteiger partial charge in [0.2, 0.25) is 17.7 Å². The average Bonchev–Trinajstić information content (AvgIpc) is 2.88. The van der Waals surface area contributed by atoms with E-state index in [1.54, 1.807) is 0 Å². The second-order valence-corrected chi connectivity index (χ2v) is 6.98. The molecular weight excluding hydrogens is 304 g/mol. The van der Waals surface area contributed by atoms with Crippen LogP contribution < -0.4 is 5.73 Å². The van der Waals surface area contributed by atoms with Crippen LogP contribution in [-0.4, -0.2) is 22.6 Å². The van der Waals surface area contributed by atoms with Crippen LogP contribution >= 0.6 is 0 Å². The van der Waals surface area contributed by atoms with Crippen LogP contribution in [0, 0.1) is 23.7 Å². The van der Waals surface area contributed by atoms with Gasteiger partial charge in [-0.1, -0.05) is 42.5 Å². The van der Waals surface area contributed by atoms with Crippen LogP contribution in [0.25, 0.3) is 0 Å². The van der Waals surface area contributed by atoms with Crippen LogP contribution in [0.1, 0.15) is 30.9 Å². The molecule has 24 heavy (non-hydrogen) atoms. The lowest BCUT2D eigenvalue weighted by molar-refractivity contribution is -0.143. The minimum absolute atomic E-state index is 0.0380. The molecule has 1 aliphatic heterocycles. The predicted molar refractivity (Wildman–Crippen MR) is 87.2 cm³/mol. The summed E-state index contributed by atoms with van der Waals surface area (Å²) in [5, 5.41) is 0. The van der Waals surface area contributed by atoms with E-state index in [-0.39, 0.29) is 41.9 Å². The van der Waals surface area contributed by atoms with Crippen LogP contribution in [0.3, 0.4) is 0 Å². The van der Waals surface area contributed by atoms with Crippen LogP contribution in [0.4, 0.5) is 0 Å². The second kappa shape index (κ2) is 5.58. The maximum Gasteiger partial charge on any atom is 0.234 e. The van der Waals surface area contributed by atoms with E-state index in [2.05, 4.69) is 12.2 Å². The van der Waals surface area contributed by atoms with Crippen molar-refractivity contribution in [2.75, 3.05) is 0 Å². The highest BCUT2D eigenvalue weighted by molar-refractivity contribution is 6.06. The van der Waals surface area contributed by atoms with Gasteiger partial charge >= 0.3 is 0 Å². The third-order valence-corrected chi connectivity index (χ3v) is 5.68. The first-order chi connectivity index (χ1) is 11.6. The molecule has 5 nitrogen and oxygen atoms in total. The zero-order valence-corrected chi connectivity index (χ0v) is 13.3. The second-order valence-electron chi connectivity index (χ2n) is 6.98. The van der Waals surface area contributed by atoms with Gasteiger partial charge in [-0.25, -0.2) is 0 Å². The third kappa shape index (κ3) is 2.19. The molecule has 1 aromatic rings. The number of imide groups is 1. The number of nitrogens with two attached hydrogens (primary N) is 1. The smallest absolute Gasteiger partial charge is 0.234 e. The molecule has 0 unspecified atom stereocenters. The number of benzene rings is 1. The molecule has 2 bridgehead atoms. The molecule has 1 saturated heterocycles. The van der Waals surface area contributed by atoms with Crippen molar-refractivity contribution in [2.45, 2.75) is 25.3 Å². The zero-order chi connectivity index (χ0) is 16.8. The van der Waals surface area contributed by atoms with E-state index in [0.29, 0.717) is 0 Å². The number of hydrogen-bond donors (Lipinski definition) is 1.